The number of hydrogen-bond acceptors (Lipinski definition) is 3. The summed E-state index contributed by atoms with van der Waals surface area (Å²) in [5.74, 6) is 2.06. The molecule has 0 saturated heterocycles. The van der Waals surface area contributed by atoms with Crippen molar-refractivity contribution < 1.29 is 14.6 Å². The maximum absolute atomic E-state index is 10.5. The minimum Gasteiger partial charge on any atom is -0.507 e. The van der Waals surface area contributed by atoms with E-state index < -0.39 is 0 Å². The molecule has 3 heteroatoms. The highest BCUT2D eigenvalue weighted by Gasteiger charge is 2.18. The molecule has 0 spiro atoms. The molecule has 0 atom stereocenters. The van der Waals surface area contributed by atoms with Crippen molar-refractivity contribution in [3.63, 3.8) is 0 Å². The fraction of sp³-hybridized carbons (Fsp3) is 0.500. The van der Waals surface area contributed by atoms with E-state index in [2.05, 4.69) is 46.8 Å². The minimum atomic E-state index is -0.278. The van der Waals surface area contributed by atoms with Crippen LogP contribution in [0.4, 0.5) is 0 Å². The summed E-state index contributed by atoms with van der Waals surface area (Å²) in [7, 11) is 0. The average molecular weight is 371 g/mol. The summed E-state index contributed by atoms with van der Waals surface area (Å²) in [6.07, 6.45) is 0.644. The summed E-state index contributed by atoms with van der Waals surface area (Å²) in [4.78, 5) is 0. The van der Waals surface area contributed by atoms with Gasteiger partial charge in [0, 0.05) is 12.0 Å². The third-order valence-corrected chi connectivity index (χ3v) is 4.10. The van der Waals surface area contributed by atoms with Crippen LogP contribution in [-0.4, -0.2) is 16.3 Å². The van der Waals surface area contributed by atoms with Crippen molar-refractivity contribution in [1.82, 2.24) is 0 Å². The summed E-state index contributed by atoms with van der Waals surface area (Å²) < 4.78 is 12.1. The Kier molecular flexibility index (Phi) is 5.84. The second kappa shape index (κ2) is 7.46. The molecule has 0 aliphatic rings. The zero-order chi connectivity index (χ0) is 20.6. The Bertz CT molecular complexity index is 798. The highest BCUT2D eigenvalue weighted by molar-refractivity contribution is 5.50. The van der Waals surface area contributed by atoms with Gasteiger partial charge in [-0.1, -0.05) is 12.1 Å². The molecular formula is C24H34O3. The van der Waals surface area contributed by atoms with E-state index in [0.717, 1.165) is 39.3 Å². The molecule has 0 heterocycles. The molecule has 1 N–H and O–H groups in total. The lowest BCUT2D eigenvalue weighted by Gasteiger charge is -2.25. The normalized spacial score (nSPS) is 12.2. The van der Waals surface area contributed by atoms with Crippen LogP contribution in [0.2, 0.25) is 0 Å². The van der Waals surface area contributed by atoms with Crippen LogP contribution in [0, 0.1) is 20.8 Å². The van der Waals surface area contributed by atoms with Gasteiger partial charge < -0.3 is 14.6 Å². The number of phenols is 1. The third-order valence-electron chi connectivity index (χ3n) is 4.10. The van der Waals surface area contributed by atoms with Gasteiger partial charge in [0.05, 0.1) is 0 Å². The number of ether oxygens (including phenoxy) is 2. The van der Waals surface area contributed by atoms with E-state index in [-0.39, 0.29) is 11.2 Å². The van der Waals surface area contributed by atoms with E-state index in [0.29, 0.717) is 12.2 Å². The standard InChI is InChI=1S/C24H34O3/c1-15-12-20(26-23(4,5)6)14-19(21(15)25)13-18-10-16(2)22(17(3)11-18)27-24(7,8)9/h10-12,14,25H,13H2,1-9H3. The molecule has 2 rings (SSSR count). The molecule has 27 heavy (non-hydrogen) atoms. The number of rotatable bonds is 4. The Morgan fingerprint density at radius 1 is 0.741 bits per heavy atom. The molecule has 148 valence electrons. The van der Waals surface area contributed by atoms with Crippen LogP contribution in [-0.2, 0) is 6.42 Å². The molecule has 2 aromatic carbocycles. The molecule has 0 radical (unpaired) electrons. The Morgan fingerprint density at radius 3 is 1.74 bits per heavy atom. The summed E-state index contributed by atoms with van der Waals surface area (Å²) in [6, 6.07) is 8.11. The summed E-state index contributed by atoms with van der Waals surface area (Å²) in [6.45, 7) is 18.3. The second-order valence-electron chi connectivity index (χ2n) is 9.41. The number of phenolic OH excluding ortho intramolecular Hbond substituents is 1. The van der Waals surface area contributed by atoms with E-state index in [4.69, 9.17) is 9.47 Å². The maximum atomic E-state index is 10.5. The predicted octanol–water partition coefficient (Wildman–Crippen LogP) is 6.26. The van der Waals surface area contributed by atoms with Crippen LogP contribution in [0.1, 0.15) is 69.4 Å². The Morgan fingerprint density at radius 2 is 1.26 bits per heavy atom. The monoisotopic (exact) mass is 370 g/mol. The molecule has 3 nitrogen and oxygen atoms in total. The van der Waals surface area contributed by atoms with Gasteiger partial charge in [0.2, 0.25) is 0 Å². The first-order valence-corrected chi connectivity index (χ1v) is 9.56. The van der Waals surface area contributed by atoms with Crippen molar-refractivity contribution in [3.05, 3.63) is 52.1 Å². The highest BCUT2D eigenvalue weighted by Crippen LogP contribution is 2.33. The van der Waals surface area contributed by atoms with Crippen LogP contribution < -0.4 is 9.47 Å². The second-order valence-corrected chi connectivity index (χ2v) is 9.41. The molecule has 0 aliphatic carbocycles. The van der Waals surface area contributed by atoms with Crippen LogP contribution in [0.25, 0.3) is 0 Å². The molecule has 0 bridgehead atoms. The van der Waals surface area contributed by atoms with Gasteiger partial charge in [-0.2, -0.15) is 0 Å². The van der Waals surface area contributed by atoms with E-state index in [9.17, 15) is 5.11 Å². The maximum Gasteiger partial charge on any atom is 0.125 e. The van der Waals surface area contributed by atoms with Gasteiger partial charge in [0.1, 0.15) is 28.5 Å². The van der Waals surface area contributed by atoms with E-state index in [1.54, 1.807) is 0 Å². The van der Waals surface area contributed by atoms with Crippen molar-refractivity contribution in [2.75, 3.05) is 0 Å². The van der Waals surface area contributed by atoms with E-state index in [1.165, 1.54) is 0 Å². The van der Waals surface area contributed by atoms with Gasteiger partial charge in [-0.15, -0.1) is 0 Å². The van der Waals surface area contributed by atoms with Gasteiger partial charge in [0.25, 0.3) is 0 Å². The first-order chi connectivity index (χ1) is 12.2. The van der Waals surface area contributed by atoms with Gasteiger partial charge in [-0.05, 0) is 96.7 Å². The fourth-order valence-electron chi connectivity index (χ4n) is 3.19. The van der Waals surface area contributed by atoms with Crippen molar-refractivity contribution in [1.29, 1.82) is 0 Å². The lowest BCUT2D eigenvalue weighted by molar-refractivity contribution is 0.128. The molecule has 0 aliphatic heterocycles. The lowest BCUT2D eigenvalue weighted by atomic mass is 9.97. The molecular weight excluding hydrogens is 336 g/mol. The highest BCUT2D eigenvalue weighted by atomic mass is 16.5. The molecule has 0 amide bonds. The molecule has 0 fully saturated rings. The quantitative estimate of drug-likeness (QED) is 0.690. The smallest absolute Gasteiger partial charge is 0.125 e. The lowest BCUT2D eigenvalue weighted by Crippen LogP contribution is -2.24. The van der Waals surface area contributed by atoms with Crippen LogP contribution >= 0.6 is 0 Å². The van der Waals surface area contributed by atoms with Crippen LogP contribution in [0.3, 0.4) is 0 Å². The molecule has 2 aromatic rings. The fourth-order valence-corrected chi connectivity index (χ4v) is 3.19. The van der Waals surface area contributed by atoms with Crippen LogP contribution in [0.5, 0.6) is 17.2 Å². The van der Waals surface area contributed by atoms with E-state index >= 15 is 0 Å². The third kappa shape index (κ3) is 5.92. The van der Waals surface area contributed by atoms with Crippen molar-refractivity contribution in [2.45, 2.75) is 79.9 Å². The van der Waals surface area contributed by atoms with Gasteiger partial charge in [-0.3, -0.25) is 0 Å². The summed E-state index contributed by atoms with van der Waals surface area (Å²) >= 11 is 0. The Hall–Kier alpha value is -2.16. The molecule has 0 unspecified atom stereocenters. The topological polar surface area (TPSA) is 38.7 Å². The van der Waals surface area contributed by atoms with Gasteiger partial charge in [0.15, 0.2) is 0 Å². The first kappa shape index (κ1) is 21.1. The molecule has 0 saturated carbocycles. The largest absolute Gasteiger partial charge is 0.507 e. The van der Waals surface area contributed by atoms with Crippen molar-refractivity contribution in [2.24, 2.45) is 0 Å². The van der Waals surface area contributed by atoms with Gasteiger partial charge in [-0.25, -0.2) is 0 Å². The van der Waals surface area contributed by atoms with Crippen molar-refractivity contribution >= 4 is 0 Å². The first-order valence-electron chi connectivity index (χ1n) is 9.56. The van der Waals surface area contributed by atoms with Crippen LogP contribution in [0.15, 0.2) is 24.3 Å². The average Bonchev–Trinajstić information content (AvgIpc) is 2.45. The number of benzene rings is 2. The van der Waals surface area contributed by atoms with E-state index in [1.807, 2.05) is 39.8 Å². The van der Waals surface area contributed by atoms with Crippen molar-refractivity contribution in [3.8, 4) is 17.2 Å². The number of aromatic hydroxyl groups is 1. The zero-order valence-corrected chi connectivity index (χ0v) is 18.3. The molecule has 0 aromatic heterocycles. The summed E-state index contributed by atoms with van der Waals surface area (Å²) in [5.41, 5.74) is 4.56. The Labute approximate surface area is 164 Å². The SMILES string of the molecule is Cc1cc(OC(C)(C)C)cc(Cc2cc(C)c(OC(C)(C)C)c(C)c2)c1O. The predicted molar refractivity (Wildman–Crippen MR) is 112 cm³/mol. The van der Waals surface area contributed by atoms with Gasteiger partial charge >= 0.3 is 0 Å². The number of hydrogen-bond donors (Lipinski definition) is 1. The number of aryl methyl sites for hydroxylation is 3. The zero-order valence-electron chi connectivity index (χ0n) is 18.3. The summed E-state index contributed by atoms with van der Waals surface area (Å²) in [5, 5.41) is 10.5. The minimum absolute atomic E-state index is 0.231. The Balaban J connectivity index is 2.37.